The van der Waals surface area contributed by atoms with Gasteiger partial charge in [0.1, 0.15) is 11.4 Å². The van der Waals surface area contributed by atoms with Gasteiger partial charge in [-0.25, -0.2) is 0 Å². The van der Waals surface area contributed by atoms with Crippen LogP contribution in [0.4, 0.5) is 11.4 Å². The topological polar surface area (TPSA) is 92.5 Å². The molecule has 0 aliphatic carbocycles. The van der Waals surface area contributed by atoms with Crippen LogP contribution in [0.25, 0.3) is 10.8 Å². The van der Waals surface area contributed by atoms with Gasteiger partial charge in [0.25, 0.3) is 11.6 Å². The smallest absolute Gasteiger partial charge is 0.292 e. The third-order valence-corrected chi connectivity index (χ3v) is 3.49. The van der Waals surface area contributed by atoms with Gasteiger partial charge in [-0.1, -0.05) is 36.4 Å². The Balaban J connectivity index is 2.03. The lowest BCUT2D eigenvalue weighted by molar-refractivity contribution is -0.383. The number of hydrogen-bond acceptors (Lipinski definition) is 4. The predicted octanol–water partition coefficient (Wildman–Crippen LogP) is 3.71. The van der Waals surface area contributed by atoms with E-state index in [1.807, 2.05) is 0 Å². The summed E-state index contributed by atoms with van der Waals surface area (Å²) in [4.78, 5) is 23.0. The second-order valence-corrected chi connectivity index (χ2v) is 4.91. The molecule has 114 valence electrons. The van der Waals surface area contributed by atoms with E-state index in [-0.39, 0.29) is 17.1 Å². The SMILES string of the molecule is O=C(Nc1ccccc1[N+](=O)[O-])c1ccc(O)c2ccccc12. The normalized spacial score (nSPS) is 10.4. The number of benzene rings is 3. The number of nitro benzene ring substituents is 1. The molecule has 0 radical (unpaired) electrons. The number of amides is 1. The quantitative estimate of drug-likeness (QED) is 0.570. The number of rotatable bonds is 3. The van der Waals surface area contributed by atoms with Crippen molar-refractivity contribution in [3.05, 3.63) is 76.3 Å². The number of aromatic hydroxyl groups is 1. The Morgan fingerprint density at radius 1 is 0.957 bits per heavy atom. The Morgan fingerprint density at radius 2 is 1.61 bits per heavy atom. The van der Waals surface area contributed by atoms with Crippen molar-refractivity contribution >= 4 is 28.1 Å². The fourth-order valence-electron chi connectivity index (χ4n) is 2.41. The van der Waals surface area contributed by atoms with E-state index < -0.39 is 10.8 Å². The van der Waals surface area contributed by atoms with Crippen LogP contribution in [0.15, 0.2) is 60.7 Å². The molecule has 3 aromatic rings. The van der Waals surface area contributed by atoms with E-state index in [0.717, 1.165) is 0 Å². The van der Waals surface area contributed by atoms with Crippen molar-refractivity contribution in [2.45, 2.75) is 0 Å². The molecule has 0 aliphatic rings. The minimum Gasteiger partial charge on any atom is -0.507 e. The molecule has 3 aromatic carbocycles. The highest BCUT2D eigenvalue weighted by Crippen LogP contribution is 2.29. The van der Waals surface area contributed by atoms with Crippen LogP contribution in [-0.4, -0.2) is 15.9 Å². The average Bonchev–Trinajstić information content (AvgIpc) is 2.55. The highest BCUT2D eigenvalue weighted by Gasteiger charge is 2.17. The number of phenolic OH excluding ortho intramolecular Hbond substituents is 1. The number of carbonyl (C=O) groups excluding carboxylic acids is 1. The lowest BCUT2D eigenvalue weighted by atomic mass is 10.0. The van der Waals surface area contributed by atoms with Gasteiger partial charge in [0.15, 0.2) is 0 Å². The van der Waals surface area contributed by atoms with Crippen molar-refractivity contribution in [3.8, 4) is 5.75 Å². The van der Waals surface area contributed by atoms with E-state index in [9.17, 15) is 20.0 Å². The van der Waals surface area contributed by atoms with Crippen molar-refractivity contribution in [3.63, 3.8) is 0 Å². The second-order valence-electron chi connectivity index (χ2n) is 4.91. The maximum Gasteiger partial charge on any atom is 0.292 e. The standard InChI is InChI=1S/C17H12N2O4/c20-16-10-9-13(11-5-1-2-6-12(11)16)17(21)18-14-7-3-4-8-15(14)19(22)23/h1-10,20H,(H,18,21). The maximum absolute atomic E-state index is 12.5. The van der Waals surface area contributed by atoms with Gasteiger partial charge in [0.05, 0.1) is 4.92 Å². The molecule has 2 N–H and O–H groups in total. The van der Waals surface area contributed by atoms with Crippen LogP contribution in [0.3, 0.4) is 0 Å². The monoisotopic (exact) mass is 308 g/mol. The van der Waals surface area contributed by atoms with Gasteiger partial charge in [-0.3, -0.25) is 14.9 Å². The van der Waals surface area contributed by atoms with Crippen molar-refractivity contribution in [2.75, 3.05) is 5.32 Å². The summed E-state index contributed by atoms with van der Waals surface area (Å²) in [6.07, 6.45) is 0. The summed E-state index contributed by atoms with van der Waals surface area (Å²) in [7, 11) is 0. The zero-order chi connectivity index (χ0) is 16.4. The number of nitrogens with one attached hydrogen (secondary N) is 1. The van der Waals surface area contributed by atoms with Gasteiger partial charge >= 0.3 is 0 Å². The van der Waals surface area contributed by atoms with Crippen molar-refractivity contribution in [1.82, 2.24) is 0 Å². The van der Waals surface area contributed by atoms with Gasteiger partial charge in [-0.2, -0.15) is 0 Å². The number of nitrogens with zero attached hydrogens (tertiary/aromatic N) is 1. The number of phenols is 1. The third-order valence-electron chi connectivity index (χ3n) is 3.49. The number of anilines is 1. The molecule has 0 saturated carbocycles. The number of hydrogen-bond donors (Lipinski definition) is 2. The Bertz CT molecular complexity index is 921. The molecule has 0 bridgehead atoms. The van der Waals surface area contributed by atoms with Gasteiger partial charge in [0, 0.05) is 17.0 Å². The van der Waals surface area contributed by atoms with Crippen molar-refractivity contribution in [1.29, 1.82) is 0 Å². The minimum atomic E-state index is -0.551. The van der Waals surface area contributed by atoms with Crippen LogP contribution < -0.4 is 5.32 Å². The maximum atomic E-state index is 12.5. The van der Waals surface area contributed by atoms with Crippen LogP contribution >= 0.6 is 0 Å². The molecule has 0 heterocycles. The first-order chi connectivity index (χ1) is 11.1. The molecule has 0 fully saturated rings. The van der Waals surface area contributed by atoms with Crippen molar-refractivity contribution < 1.29 is 14.8 Å². The van der Waals surface area contributed by atoms with Crippen LogP contribution in [0, 0.1) is 10.1 Å². The summed E-state index contributed by atoms with van der Waals surface area (Å²) in [6.45, 7) is 0. The van der Waals surface area contributed by atoms with Gasteiger partial charge < -0.3 is 10.4 Å². The Kier molecular flexibility index (Phi) is 3.64. The highest BCUT2D eigenvalue weighted by atomic mass is 16.6. The van der Waals surface area contributed by atoms with E-state index in [1.165, 1.54) is 30.3 Å². The zero-order valence-corrected chi connectivity index (χ0v) is 11.9. The molecule has 0 unspecified atom stereocenters. The molecule has 6 heteroatoms. The van der Waals surface area contributed by atoms with Crippen molar-refractivity contribution in [2.24, 2.45) is 0 Å². The largest absolute Gasteiger partial charge is 0.507 e. The van der Waals surface area contributed by atoms with Crippen LogP contribution in [0.2, 0.25) is 0 Å². The van der Waals surface area contributed by atoms with E-state index in [1.54, 1.807) is 30.3 Å². The van der Waals surface area contributed by atoms with Crippen LogP contribution in [0.5, 0.6) is 5.75 Å². The summed E-state index contributed by atoms with van der Waals surface area (Å²) in [6, 6.07) is 15.8. The summed E-state index contributed by atoms with van der Waals surface area (Å²) in [5.74, 6) is -0.404. The Hall–Kier alpha value is -3.41. The molecular weight excluding hydrogens is 296 g/mol. The van der Waals surface area contributed by atoms with Gasteiger partial charge in [-0.05, 0) is 23.6 Å². The first kappa shape index (κ1) is 14.5. The Labute approximate surface area is 131 Å². The van der Waals surface area contributed by atoms with E-state index in [2.05, 4.69) is 5.32 Å². The van der Waals surface area contributed by atoms with Crippen LogP contribution in [-0.2, 0) is 0 Å². The molecule has 6 nitrogen and oxygen atoms in total. The van der Waals surface area contributed by atoms with Crippen LogP contribution in [0.1, 0.15) is 10.4 Å². The zero-order valence-electron chi connectivity index (χ0n) is 11.9. The average molecular weight is 308 g/mol. The molecule has 0 aliphatic heterocycles. The number of carbonyl (C=O) groups is 1. The lowest BCUT2D eigenvalue weighted by Crippen LogP contribution is -2.13. The predicted molar refractivity (Wildman–Crippen MR) is 86.7 cm³/mol. The molecule has 1 amide bonds. The van der Waals surface area contributed by atoms with E-state index >= 15 is 0 Å². The summed E-state index contributed by atoms with van der Waals surface area (Å²) >= 11 is 0. The molecule has 0 atom stereocenters. The molecule has 3 rings (SSSR count). The minimum absolute atomic E-state index is 0.0721. The highest BCUT2D eigenvalue weighted by molar-refractivity contribution is 6.14. The van der Waals surface area contributed by atoms with E-state index in [0.29, 0.717) is 16.3 Å². The fraction of sp³-hybridized carbons (Fsp3) is 0. The molecule has 0 aromatic heterocycles. The summed E-state index contributed by atoms with van der Waals surface area (Å²) in [5, 5.41) is 24.6. The van der Waals surface area contributed by atoms with Gasteiger partial charge in [-0.15, -0.1) is 0 Å². The summed E-state index contributed by atoms with van der Waals surface area (Å²) in [5.41, 5.74) is 0.278. The molecule has 0 spiro atoms. The number of fused-ring (bicyclic) bond motifs is 1. The fourth-order valence-corrected chi connectivity index (χ4v) is 2.41. The molecule has 0 saturated heterocycles. The lowest BCUT2D eigenvalue weighted by Gasteiger charge is -2.09. The number of nitro groups is 1. The number of para-hydroxylation sites is 2. The van der Waals surface area contributed by atoms with Gasteiger partial charge in [0.2, 0.25) is 0 Å². The molecular formula is C17H12N2O4. The first-order valence-corrected chi connectivity index (χ1v) is 6.83. The third kappa shape index (κ3) is 2.69. The Morgan fingerprint density at radius 3 is 2.35 bits per heavy atom. The van der Waals surface area contributed by atoms with E-state index in [4.69, 9.17) is 0 Å². The summed E-state index contributed by atoms with van der Waals surface area (Å²) < 4.78 is 0. The first-order valence-electron chi connectivity index (χ1n) is 6.83. The second kappa shape index (κ2) is 5.76. The molecule has 23 heavy (non-hydrogen) atoms.